The Kier molecular flexibility index (Phi) is 6.08. The summed E-state index contributed by atoms with van der Waals surface area (Å²) >= 11 is 1.30. The summed E-state index contributed by atoms with van der Waals surface area (Å²) in [5, 5.41) is 15.3. The normalized spacial score (nSPS) is 10.6. The van der Waals surface area contributed by atoms with Gasteiger partial charge in [0, 0.05) is 6.54 Å². The van der Waals surface area contributed by atoms with Gasteiger partial charge in [-0.3, -0.25) is 4.79 Å². The first-order valence-corrected chi connectivity index (χ1v) is 9.44. The number of tetrazole rings is 1. The average Bonchev–Trinajstić information content (AvgIpc) is 3.15. The number of aryl methyl sites for hydroxylation is 2. The van der Waals surface area contributed by atoms with E-state index in [2.05, 4.69) is 27.8 Å². The minimum Gasteiger partial charge on any atom is -0.497 e. The number of rotatable bonds is 7. The molecule has 0 spiro atoms. The Balaban J connectivity index is 1.58. The molecule has 0 bridgehead atoms. The fourth-order valence-corrected chi connectivity index (χ4v) is 3.17. The molecule has 0 saturated carbocycles. The first-order valence-electron chi connectivity index (χ1n) is 8.45. The van der Waals surface area contributed by atoms with Crippen molar-refractivity contribution in [3.8, 4) is 11.4 Å². The molecule has 1 heterocycles. The van der Waals surface area contributed by atoms with Gasteiger partial charge in [0.15, 0.2) is 0 Å². The Morgan fingerprint density at radius 2 is 2.04 bits per heavy atom. The molecule has 0 atom stereocenters. The maximum atomic E-state index is 12.2. The highest BCUT2D eigenvalue weighted by Crippen LogP contribution is 2.20. The fourth-order valence-electron chi connectivity index (χ4n) is 2.45. The van der Waals surface area contributed by atoms with E-state index in [-0.39, 0.29) is 11.7 Å². The summed E-state index contributed by atoms with van der Waals surface area (Å²) in [4.78, 5) is 12.2. The monoisotopic (exact) mass is 383 g/mol. The second-order valence-electron chi connectivity index (χ2n) is 6.06. The molecule has 0 radical (unpaired) electrons. The van der Waals surface area contributed by atoms with E-state index >= 15 is 0 Å². The van der Waals surface area contributed by atoms with Crippen molar-refractivity contribution in [1.29, 1.82) is 0 Å². The summed E-state index contributed by atoms with van der Waals surface area (Å²) in [6.07, 6.45) is 0. The van der Waals surface area contributed by atoms with E-state index in [0.717, 1.165) is 22.6 Å². The minimum atomic E-state index is -0.0857. The van der Waals surface area contributed by atoms with E-state index < -0.39 is 0 Å². The molecule has 8 heteroatoms. The minimum absolute atomic E-state index is 0.0857. The number of aromatic nitrogens is 4. The van der Waals surface area contributed by atoms with Gasteiger partial charge in [0.1, 0.15) is 5.75 Å². The molecular formula is C19H21N5O2S. The van der Waals surface area contributed by atoms with Crippen LogP contribution in [-0.4, -0.2) is 39.0 Å². The first-order chi connectivity index (χ1) is 13.1. The molecule has 0 saturated heterocycles. The maximum Gasteiger partial charge on any atom is 0.230 e. The van der Waals surface area contributed by atoms with Crippen LogP contribution in [0.15, 0.2) is 47.6 Å². The number of nitrogens with zero attached hydrogens (tertiary/aromatic N) is 4. The summed E-state index contributed by atoms with van der Waals surface area (Å²) in [6.45, 7) is 4.54. The molecular weight excluding hydrogens is 362 g/mol. The molecule has 7 nitrogen and oxygen atoms in total. The van der Waals surface area contributed by atoms with Gasteiger partial charge in [0.25, 0.3) is 0 Å². The average molecular weight is 383 g/mol. The molecule has 3 rings (SSSR count). The van der Waals surface area contributed by atoms with Crippen LogP contribution in [0.25, 0.3) is 5.69 Å². The Morgan fingerprint density at radius 1 is 1.19 bits per heavy atom. The number of ether oxygens (including phenoxy) is 1. The van der Waals surface area contributed by atoms with Gasteiger partial charge in [-0.15, -0.1) is 5.10 Å². The van der Waals surface area contributed by atoms with E-state index in [1.807, 2.05) is 49.4 Å². The lowest BCUT2D eigenvalue weighted by Crippen LogP contribution is -2.24. The third-order valence-corrected chi connectivity index (χ3v) is 5.05. The number of thioether (sulfide) groups is 1. The predicted octanol–water partition coefficient (Wildman–Crippen LogP) is 2.70. The highest BCUT2D eigenvalue weighted by Gasteiger charge is 2.12. The topological polar surface area (TPSA) is 81.9 Å². The fraction of sp³-hybridized carbons (Fsp3) is 0.263. The maximum absolute atomic E-state index is 12.2. The van der Waals surface area contributed by atoms with Crippen LogP contribution < -0.4 is 10.1 Å². The molecule has 0 unspecified atom stereocenters. The predicted molar refractivity (Wildman–Crippen MR) is 104 cm³/mol. The lowest BCUT2D eigenvalue weighted by Gasteiger charge is -2.08. The van der Waals surface area contributed by atoms with Crippen molar-refractivity contribution in [3.05, 3.63) is 59.2 Å². The molecule has 0 aliphatic carbocycles. The van der Waals surface area contributed by atoms with Gasteiger partial charge in [-0.05, 0) is 65.2 Å². The highest BCUT2D eigenvalue weighted by atomic mass is 32.2. The number of amides is 1. The van der Waals surface area contributed by atoms with Crippen molar-refractivity contribution in [2.45, 2.75) is 25.5 Å². The van der Waals surface area contributed by atoms with Crippen molar-refractivity contribution in [2.75, 3.05) is 12.9 Å². The quantitative estimate of drug-likeness (QED) is 0.632. The number of carbonyl (C=O) groups excluding carboxylic acids is 1. The third kappa shape index (κ3) is 4.85. The summed E-state index contributed by atoms with van der Waals surface area (Å²) in [5.74, 6) is 0.913. The Labute approximate surface area is 162 Å². The molecule has 1 aromatic heterocycles. The number of carbonyl (C=O) groups is 1. The molecule has 27 heavy (non-hydrogen) atoms. The van der Waals surface area contributed by atoms with Gasteiger partial charge in [0.2, 0.25) is 11.1 Å². The van der Waals surface area contributed by atoms with E-state index in [4.69, 9.17) is 4.74 Å². The molecule has 0 aliphatic heterocycles. The number of hydrogen-bond acceptors (Lipinski definition) is 6. The van der Waals surface area contributed by atoms with E-state index in [0.29, 0.717) is 11.7 Å². The molecule has 0 aliphatic rings. The van der Waals surface area contributed by atoms with Crippen LogP contribution in [0.2, 0.25) is 0 Å². The number of benzene rings is 2. The van der Waals surface area contributed by atoms with E-state index in [9.17, 15) is 4.79 Å². The van der Waals surface area contributed by atoms with Gasteiger partial charge in [-0.1, -0.05) is 30.0 Å². The summed E-state index contributed by atoms with van der Waals surface area (Å²) in [5.41, 5.74) is 4.22. The Bertz CT molecular complexity index is 941. The van der Waals surface area contributed by atoms with Crippen LogP contribution in [0.1, 0.15) is 16.7 Å². The van der Waals surface area contributed by atoms with Crippen LogP contribution in [-0.2, 0) is 11.3 Å². The third-order valence-electron chi connectivity index (χ3n) is 4.13. The number of nitrogens with one attached hydrogen (secondary N) is 1. The molecule has 0 fully saturated rings. The van der Waals surface area contributed by atoms with Gasteiger partial charge < -0.3 is 10.1 Å². The molecule has 1 amide bonds. The smallest absolute Gasteiger partial charge is 0.230 e. The van der Waals surface area contributed by atoms with Gasteiger partial charge in [-0.2, -0.15) is 4.68 Å². The molecule has 3 aromatic rings. The second-order valence-corrected chi connectivity index (χ2v) is 7.00. The standard InChI is InChI=1S/C19H21N5O2S/c1-13-7-8-16(9-14(13)2)24-19(21-22-23-24)27-12-18(25)20-11-15-5-4-6-17(10-15)26-3/h4-10H,11-12H2,1-3H3,(H,20,25). The molecule has 1 N–H and O–H groups in total. The van der Waals surface area contributed by atoms with Crippen molar-refractivity contribution < 1.29 is 9.53 Å². The van der Waals surface area contributed by atoms with Crippen LogP contribution in [0, 0.1) is 13.8 Å². The van der Waals surface area contributed by atoms with Crippen molar-refractivity contribution in [3.63, 3.8) is 0 Å². The zero-order chi connectivity index (χ0) is 19.2. The number of methoxy groups -OCH3 is 1. The zero-order valence-electron chi connectivity index (χ0n) is 15.5. The zero-order valence-corrected chi connectivity index (χ0v) is 16.3. The lowest BCUT2D eigenvalue weighted by molar-refractivity contribution is -0.118. The van der Waals surface area contributed by atoms with Crippen LogP contribution in [0.4, 0.5) is 0 Å². The lowest BCUT2D eigenvalue weighted by atomic mass is 10.1. The SMILES string of the molecule is COc1cccc(CNC(=O)CSc2nnnn2-c2ccc(C)c(C)c2)c1. The highest BCUT2D eigenvalue weighted by molar-refractivity contribution is 7.99. The van der Waals surface area contributed by atoms with Gasteiger partial charge in [0.05, 0.1) is 18.6 Å². The van der Waals surface area contributed by atoms with Gasteiger partial charge >= 0.3 is 0 Å². The Hall–Kier alpha value is -2.87. The second kappa shape index (κ2) is 8.68. The largest absolute Gasteiger partial charge is 0.497 e. The van der Waals surface area contributed by atoms with Gasteiger partial charge in [-0.25, -0.2) is 0 Å². The van der Waals surface area contributed by atoms with E-state index in [1.165, 1.54) is 17.3 Å². The van der Waals surface area contributed by atoms with Crippen molar-refractivity contribution >= 4 is 17.7 Å². The summed E-state index contributed by atoms with van der Waals surface area (Å²) in [6, 6.07) is 13.6. The van der Waals surface area contributed by atoms with E-state index in [1.54, 1.807) is 11.8 Å². The van der Waals surface area contributed by atoms with Crippen LogP contribution in [0.3, 0.4) is 0 Å². The summed E-state index contributed by atoms with van der Waals surface area (Å²) in [7, 11) is 1.62. The van der Waals surface area contributed by atoms with Crippen LogP contribution >= 0.6 is 11.8 Å². The van der Waals surface area contributed by atoms with Crippen molar-refractivity contribution in [2.24, 2.45) is 0 Å². The molecule has 2 aromatic carbocycles. The first kappa shape index (κ1) is 18.9. The van der Waals surface area contributed by atoms with Crippen LogP contribution in [0.5, 0.6) is 5.75 Å². The Morgan fingerprint density at radius 3 is 2.81 bits per heavy atom. The summed E-state index contributed by atoms with van der Waals surface area (Å²) < 4.78 is 6.83. The number of hydrogen-bond donors (Lipinski definition) is 1. The molecule has 140 valence electrons. The van der Waals surface area contributed by atoms with Crippen molar-refractivity contribution in [1.82, 2.24) is 25.5 Å².